The third-order valence-corrected chi connectivity index (χ3v) is 5.89. The van der Waals surface area contributed by atoms with Crippen LogP contribution in [0.1, 0.15) is 27.1 Å². The number of anilines is 1. The molecule has 36 heavy (non-hydrogen) atoms. The number of ketones is 1. The molecule has 8 nitrogen and oxygen atoms in total. The van der Waals surface area contributed by atoms with Crippen LogP contribution in [-0.2, 0) is 14.3 Å². The van der Waals surface area contributed by atoms with Gasteiger partial charge in [0.1, 0.15) is 11.5 Å². The number of methoxy groups -OCH3 is 1. The number of Topliss-reactive ketones (excluding diaryl/α,β-unsaturated/α-hetero) is 1. The molecule has 1 saturated heterocycles. The summed E-state index contributed by atoms with van der Waals surface area (Å²) in [7, 11) is 1.50. The second kappa shape index (κ2) is 11.0. The number of amides is 1. The number of halogens is 1. The first kappa shape index (κ1) is 24.9. The predicted octanol–water partition coefficient (Wildman–Crippen LogP) is 4.35. The lowest BCUT2D eigenvalue weighted by Crippen LogP contribution is -2.27. The van der Waals surface area contributed by atoms with Crippen LogP contribution in [0.2, 0.25) is 5.02 Å². The van der Waals surface area contributed by atoms with Crippen molar-refractivity contribution in [3.8, 4) is 11.5 Å². The van der Waals surface area contributed by atoms with E-state index in [9.17, 15) is 19.2 Å². The average Bonchev–Trinajstić information content (AvgIpc) is 3.29. The van der Waals surface area contributed by atoms with Gasteiger partial charge in [-0.2, -0.15) is 0 Å². The zero-order valence-electron chi connectivity index (χ0n) is 19.3. The molecule has 0 saturated carbocycles. The van der Waals surface area contributed by atoms with E-state index in [1.807, 2.05) is 0 Å². The molecule has 1 fully saturated rings. The molecule has 1 heterocycles. The molecule has 0 bridgehead atoms. The van der Waals surface area contributed by atoms with Crippen molar-refractivity contribution in [2.24, 2.45) is 5.92 Å². The van der Waals surface area contributed by atoms with Crippen LogP contribution < -0.4 is 14.4 Å². The van der Waals surface area contributed by atoms with Crippen LogP contribution in [-0.4, -0.2) is 43.9 Å². The Morgan fingerprint density at radius 1 is 0.944 bits per heavy atom. The van der Waals surface area contributed by atoms with Gasteiger partial charge in [-0.15, -0.1) is 0 Å². The van der Waals surface area contributed by atoms with E-state index >= 15 is 0 Å². The minimum atomic E-state index is -0.667. The summed E-state index contributed by atoms with van der Waals surface area (Å²) < 4.78 is 15.6. The van der Waals surface area contributed by atoms with Crippen molar-refractivity contribution in [3.63, 3.8) is 0 Å². The maximum absolute atomic E-state index is 12.5. The number of hydrogen-bond donors (Lipinski definition) is 0. The SMILES string of the molecule is COc1cccc(C(=O)Oc2ccc(C(=O)COC(=O)[C@@H]3CC(=O)N(c4ccc(Cl)cc4)C3)cc2)c1. The van der Waals surface area contributed by atoms with Crippen molar-refractivity contribution in [2.75, 3.05) is 25.2 Å². The Bertz CT molecular complexity index is 1290. The zero-order valence-corrected chi connectivity index (χ0v) is 20.1. The Labute approximate surface area is 212 Å². The van der Waals surface area contributed by atoms with Gasteiger partial charge >= 0.3 is 11.9 Å². The Balaban J connectivity index is 1.29. The van der Waals surface area contributed by atoms with Gasteiger partial charge < -0.3 is 19.1 Å². The first-order chi connectivity index (χ1) is 17.3. The Morgan fingerprint density at radius 2 is 1.67 bits per heavy atom. The normalized spacial score (nSPS) is 14.9. The van der Waals surface area contributed by atoms with Gasteiger partial charge in [-0.1, -0.05) is 17.7 Å². The highest BCUT2D eigenvalue weighted by Gasteiger charge is 2.36. The molecule has 0 unspecified atom stereocenters. The van der Waals surface area contributed by atoms with Crippen LogP contribution in [0, 0.1) is 5.92 Å². The third kappa shape index (κ3) is 5.90. The standard InChI is InChI=1S/C27H22ClNO7/c1-34-23-4-2-3-18(13-23)27(33)36-22-11-5-17(6-12-22)24(30)16-35-26(32)19-14-25(31)29(15-19)21-9-7-20(28)8-10-21/h2-13,19H,14-16H2,1H3/t19-/m1/s1. The lowest BCUT2D eigenvalue weighted by Gasteiger charge is -2.16. The van der Waals surface area contributed by atoms with Gasteiger partial charge in [0.15, 0.2) is 12.4 Å². The highest BCUT2D eigenvalue weighted by molar-refractivity contribution is 6.30. The summed E-state index contributed by atoms with van der Waals surface area (Å²) in [6.07, 6.45) is 0.00298. The summed E-state index contributed by atoms with van der Waals surface area (Å²) in [6, 6.07) is 19.2. The maximum atomic E-state index is 12.5. The van der Waals surface area contributed by atoms with Crippen LogP contribution >= 0.6 is 11.6 Å². The number of esters is 2. The van der Waals surface area contributed by atoms with E-state index in [0.717, 1.165) is 0 Å². The van der Waals surface area contributed by atoms with Crippen molar-refractivity contribution in [2.45, 2.75) is 6.42 Å². The molecule has 184 valence electrons. The predicted molar refractivity (Wildman–Crippen MR) is 132 cm³/mol. The van der Waals surface area contributed by atoms with Crippen LogP contribution in [0.5, 0.6) is 11.5 Å². The summed E-state index contributed by atoms with van der Waals surface area (Å²) in [5.41, 5.74) is 1.25. The van der Waals surface area contributed by atoms with Gasteiger partial charge in [0.2, 0.25) is 5.91 Å². The highest BCUT2D eigenvalue weighted by atomic mass is 35.5. The molecule has 0 N–H and O–H groups in total. The van der Waals surface area contributed by atoms with E-state index in [4.69, 9.17) is 25.8 Å². The van der Waals surface area contributed by atoms with Gasteiger partial charge in [0.05, 0.1) is 18.6 Å². The van der Waals surface area contributed by atoms with Crippen molar-refractivity contribution in [3.05, 3.63) is 88.9 Å². The number of ether oxygens (including phenoxy) is 3. The van der Waals surface area contributed by atoms with E-state index in [0.29, 0.717) is 22.0 Å². The number of benzene rings is 3. The fourth-order valence-corrected chi connectivity index (χ4v) is 3.82. The van der Waals surface area contributed by atoms with Crippen molar-refractivity contribution in [1.29, 1.82) is 0 Å². The minimum Gasteiger partial charge on any atom is -0.497 e. The summed E-state index contributed by atoms with van der Waals surface area (Å²) >= 11 is 5.89. The Kier molecular flexibility index (Phi) is 7.65. The molecule has 1 amide bonds. The van der Waals surface area contributed by atoms with E-state index in [2.05, 4.69) is 0 Å². The number of rotatable bonds is 8. The van der Waals surface area contributed by atoms with Crippen molar-refractivity contribution in [1.82, 2.24) is 0 Å². The average molecular weight is 508 g/mol. The summed E-state index contributed by atoms with van der Waals surface area (Å²) in [5, 5.41) is 0.544. The first-order valence-electron chi connectivity index (χ1n) is 11.1. The second-order valence-electron chi connectivity index (χ2n) is 8.06. The number of carbonyl (C=O) groups excluding carboxylic acids is 4. The van der Waals surface area contributed by atoms with E-state index in [1.165, 1.54) is 36.3 Å². The quantitative estimate of drug-likeness (QED) is 0.254. The van der Waals surface area contributed by atoms with Crippen molar-refractivity contribution < 1.29 is 33.4 Å². The molecular formula is C27H22ClNO7. The zero-order chi connectivity index (χ0) is 25.7. The second-order valence-corrected chi connectivity index (χ2v) is 8.49. The fraction of sp³-hybridized carbons (Fsp3) is 0.185. The van der Waals surface area contributed by atoms with Gasteiger partial charge in [-0.25, -0.2) is 4.79 Å². The molecule has 0 aromatic heterocycles. The Hall–Kier alpha value is -4.17. The molecule has 0 radical (unpaired) electrons. The van der Waals surface area contributed by atoms with E-state index < -0.39 is 30.2 Å². The maximum Gasteiger partial charge on any atom is 0.343 e. The number of hydrogen-bond acceptors (Lipinski definition) is 7. The van der Waals surface area contributed by atoms with E-state index in [1.54, 1.807) is 48.5 Å². The van der Waals surface area contributed by atoms with Gasteiger partial charge in [0.25, 0.3) is 0 Å². The fourth-order valence-electron chi connectivity index (χ4n) is 3.70. The minimum absolute atomic E-state index is 0.00298. The lowest BCUT2D eigenvalue weighted by molar-refractivity contribution is -0.147. The number of carbonyl (C=O) groups is 4. The summed E-state index contributed by atoms with van der Waals surface area (Å²) in [4.78, 5) is 51.1. The molecule has 1 aliphatic rings. The molecule has 1 atom stereocenters. The van der Waals surface area contributed by atoms with Gasteiger partial charge in [-0.3, -0.25) is 14.4 Å². The van der Waals surface area contributed by atoms with Crippen LogP contribution in [0.15, 0.2) is 72.8 Å². The van der Waals surface area contributed by atoms with Gasteiger partial charge in [-0.05, 0) is 66.7 Å². The van der Waals surface area contributed by atoms with Crippen LogP contribution in [0.3, 0.4) is 0 Å². The Morgan fingerprint density at radius 3 is 2.36 bits per heavy atom. The summed E-state index contributed by atoms with van der Waals surface area (Å²) in [6.45, 7) is -0.297. The molecule has 9 heteroatoms. The van der Waals surface area contributed by atoms with Crippen LogP contribution in [0.25, 0.3) is 0 Å². The smallest absolute Gasteiger partial charge is 0.343 e. The molecule has 3 aromatic carbocycles. The lowest BCUT2D eigenvalue weighted by atomic mass is 10.1. The molecule has 4 rings (SSSR count). The third-order valence-electron chi connectivity index (χ3n) is 5.63. The first-order valence-corrected chi connectivity index (χ1v) is 11.4. The molecule has 0 aliphatic carbocycles. The molecular weight excluding hydrogens is 486 g/mol. The van der Waals surface area contributed by atoms with Gasteiger partial charge in [0, 0.05) is 29.2 Å². The van der Waals surface area contributed by atoms with Crippen molar-refractivity contribution >= 4 is 40.9 Å². The van der Waals surface area contributed by atoms with E-state index in [-0.39, 0.29) is 30.2 Å². The van der Waals surface area contributed by atoms with Crippen LogP contribution in [0.4, 0.5) is 5.69 Å². The highest BCUT2D eigenvalue weighted by Crippen LogP contribution is 2.27. The largest absolute Gasteiger partial charge is 0.497 e. The number of nitrogens with zero attached hydrogens (tertiary/aromatic N) is 1. The molecule has 3 aromatic rings. The summed E-state index contributed by atoms with van der Waals surface area (Å²) in [5.74, 6) is -1.70. The topological polar surface area (TPSA) is 99.2 Å². The molecule has 1 aliphatic heterocycles. The molecule has 0 spiro atoms. The monoisotopic (exact) mass is 507 g/mol.